The van der Waals surface area contributed by atoms with E-state index in [2.05, 4.69) is 34.8 Å². The minimum atomic E-state index is -0.200. The van der Waals surface area contributed by atoms with Crippen LogP contribution < -0.4 is 0 Å². The third kappa shape index (κ3) is 3.07. The zero-order valence-electron chi connectivity index (χ0n) is 13.0. The molecule has 0 aliphatic carbocycles. The van der Waals surface area contributed by atoms with Gasteiger partial charge in [-0.25, -0.2) is 14.4 Å². The van der Waals surface area contributed by atoms with Gasteiger partial charge in [0.1, 0.15) is 5.82 Å². The van der Waals surface area contributed by atoms with E-state index < -0.39 is 0 Å². The minimum absolute atomic E-state index is 0.200. The van der Waals surface area contributed by atoms with Crippen molar-refractivity contribution in [2.24, 2.45) is 0 Å². The van der Waals surface area contributed by atoms with Gasteiger partial charge >= 0.3 is 0 Å². The number of halogens is 1. The number of hydrogen-bond donors (Lipinski definition) is 0. The molecule has 0 fully saturated rings. The lowest BCUT2D eigenvalue weighted by Crippen LogP contribution is -2.34. The molecule has 1 aliphatic heterocycles. The van der Waals surface area contributed by atoms with Crippen LogP contribution in [0.15, 0.2) is 42.7 Å². The Hall–Kier alpha value is -2.07. The molecular formula is C18H20FN3. The summed E-state index contributed by atoms with van der Waals surface area (Å²) in [6, 6.07) is 7.55. The van der Waals surface area contributed by atoms with E-state index in [-0.39, 0.29) is 5.82 Å². The molecule has 0 radical (unpaired) electrons. The second-order valence-electron chi connectivity index (χ2n) is 5.84. The smallest absolute Gasteiger partial charge is 0.159 e. The summed E-state index contributed by atoms with van der Waals surface area (Å²) in [4.78, 5) is 10.7. The maximum absolute atomic E-state index is 14.5. The first kappa shape index (κ1) is 14.9. The summed E-state index contributed by atoms with van der Waals surface area (Å²) in [5.41, 5.74) is 2.50. The lowest BCUT2D eigenvalue weighted by atomic mass is 9.97. The SMILES string of the molecule is CC(C)N1CC=C(c2ccc(-c3ncccn3)cc2F)CC1. The van der Waals surface area contributed by atoms with E-state index in [1.54, 1.807) is 18.5 Å². The predicted octanol–water partition coefficient (Wildman–Crippen LogP) is 3.78. The van der Waals surface area contributed by atoms with Crippen LogP contribution in [0.5, 0.6) is 0 Å². The minimum Gasteiger partial charge on any atom is -0.297 e. The van der Waals surface area contributed by atoms with Crippen LogP contribution in [0.25, 0.3) is 17.0 Å². The van der Waals surface area contributed by atoms with Crippen molar-refractivity contribution >= 4 is 5.57 Å². The molecule has 0 saturated heterocycles. The van der Waals surface area contributed by atoms with Crippen molar-refractivity contribution in [1.82, 2.24) is 14.9 Å². The third-order valence-corrected chi connectivity index (χ3v) is 4.11. The highest BCUT2D eigenvalue weighted by molar-refractivity contribution is 5.69. The van der Waals surface area contributed by atoms with Crippen molar-refractivity contribution in [2.75, 3.05) is 13.1 Å². The zero-order valence-corrected chi connectivity index (χ0v) is 13.0. The molecule has 0 bridgehead atoms. The average molecular weight is 297 g/mol. The highest BCUT2D eigenvalue weighted by atomic mass is 19.1. The maximum Gasteiger partial charge on any atom is 0.159 e. The molecule has 0 spiro atoms. The van der Waals surface area contributed by atoms with E-state index >= 15 is 0 Å². The van der Waals surface area contributed by atoms with Gasteiger partial charge in [-0.05, 0) is 38.0 Å². The van der Waals surface area contributed by atoms with Gasteiger partial charge in [-0.2, -0.15) is 0 Å². The zero-order chi connectivity index (χ0) is 15.5. The van der Waals surface area contributed by atoms with E-state index in [0.29, 0.717) is 23.0 Å². The first-order chi connectivity index (χ1) is 10.6. The van der Waals surface area contributed by atoms with Crippen LogP contribution in [0.3, 0.4) is 0 Å². The Morgan fingerprint density at radius 2 is 1.95 bits per heavy atom. The Morgan fingerprint density at radius 3 is 2.55 bits per heavy atom. The summed E-state index contributed by atoms with van der Waals surface area (Å²) in [5.74, 6) is 0.353. The van der Waals surface area contributed by atoms with Gasteiger partial charge < -0.3 is 0 Å². The van der Waals surface area contributed by atoms with Gasteiger partial charge in [0, 0.05) is 42.7 Å². The van der Waals surface area contributed by atoms with Crippen LogP contribution in [-0.2, 0) is 0 Å². The fourth-order valence-electron chi connectivity index (χ4n) is 2.76. The third-order valence-electron chi connectivity index (χ3n) is 4.11. The molecule has 0 N–H and O–H groups in total. The molecular weight excluding hydrogens is 277 g/mol. The Kier molecular flexibility index (Phi) is 4.29. The first-order valence-corrected chi connectivity index (χ1v) is 7.65. The first-order valence-electron chi connectivity index (χ1n) is 7.65. The van der Waals surface area contributed by atoms with E-state index in [4.69, 9.17) is 0 Å². The monoisotopic (exact) mass is 297 g/mol. The van der Waals surface area contributed by atoms with Crippen molar-refractivity contribution < 1.29 is 4.39 Å². The molecule has 114 valence electrons. The number of nitrogens with zero attached hydrogens (tertiary/aromatic N) is 3. The Balaban J connectivity index is 1.85. The topological polar surface area (TPSA) is 29.0 Å². The predicted molar refractivity (Wildman–Crippen MR) is 86.7 cm³/mol. The largest absolute Gasteiger partial charge is 0.297 e. The molecule has 0 unspecified atom stereocenters. The van der Waals surface area contributed by atoms with Crippen molar-refractivity contribution in [2.45, 2.75) is 26.3 Å². The molecule has 22 heavy (non-hydrogen) atoms. The van der Waals surface area contributed by atoms with Gasteiger partial charge in [-0.1, -0.05) is 18.2 Å². The number of rotatable bonds is 3. The number of hydrogen-bond acceptors (Lipinski definition) is 3. The molecule has 4 heteroatoms. The van der Waals surface area contributed by atoms with Crippen LogP contribution in [-0.4, -0.2) is 34.0 Å². The van der Waals surface area contributed by atoms with E-state index in [1.165, 1.54) is 6.07 Å². The number of aromatic nitrogens is 2. The molecule has 3 nitrogen and oxygen atoms in total. The van der Waals surface area contributed by atoms with Crippen molar-refractivity contribution in [3.63, 3.8) is 0 Å². The molecule has 2 aromatic rings. The quantitative estimate of drug-likeness (QED) is 0.863. The van der Waals surface area contributed by atoms with Crippen LogP contribution >= 0.6 is 0 Å². The summed E-state index contributed by atoms with van der Waals surface area (Å²) in [6.07, 6.45) is 6.35. The normalized spacial score (nSPS) is 15.9. The Morgan fingerprint density at radius 1 is 1.18 bits per heavy atom. The summed E-state index contributed by atoms with van der Waals surface area (Å²) >= 11 is 0. The fourth-order valence-corrected chi connectivity index (χ4v) is 2.76. The standard InChI is InChI=1S/C18H20FN3/c1-13(2)22-10-6-14(7-11-22)16-5-4-15(12-17(16)19)18-20-8-3-9-21-18/h3-6,8-9,12-13H,7,10-11H2,1-2H3. The Bertz CT molecular complexity index is 680. The van der Waals surface area contributed by atoms with Gasteiger partial charge in [-0.3, -0.25) is 4.90 Å². The van der Waals surface area contributed by atoms with Gasteiger partial charge in [0.05, 0.1) is 0 Å². The molecule has 0 saturated carbocycles. The highest BCUT2D eigenvalue weighted by Gasteiger charge is 2.17. The van der Waals surface area contributed by atoms with E-state index in [9.17, 15) is 4.39 Å². The molecule has 1 aliphatic rings. The van der Waals surface area contributed by atoms with Crippen LogP contribution in [0.2, 0.25) is 0 Å². The molecule has 1 aromatic heterocycles. The molecule has 3 rings (SSSR count). The Labute approximate surface area is 130 Å². The molecule has 2 heterocycles. The second kappa shape index (κ2) is 6.36. The molecule has 0 amide bonds. The van der Waals surface area contributed by atoms with Gasteiger partial charge in [0.15, 0.2) is 5.82 Å². The van der Waals surface area contributed by atoms with Crippen molar-refractivity contribution in [3.8, 4) is 11.4 Å². The maximum atomic E-state index is 14.5. The van der Waals surface area contributed by atoms with E-state index in [0.717, 1.165) is 25.1 Å². The summed E-state index contributed by atoms with van der Waals surface area (Å²) in [6.45, 7) is 6.24. The second-order valence-corrected chi connectivity index (χ2v) is 5.84. The average Bonchev–Trinajstić information content (AvgIpc) is 2.56. The van der Waals surface area contributed by atoms with Crippen molar-refractivity contribution in [1.29, 1.82) is 0 Å². The molecule has 1 aromatic carbocycles. The van der Waals surface area contributed by atoms with Crippen LogP contribution in [0.1, 0.15) is 25.8 Å². The lowest BCUT2D eigenvalue weighted by Gasteiger charge is -2.29. The van der Waals surface area contributed by atoms with Gasteiger partial charge in [0.2, 0.25) is 0 Å². The highest BCUT2D eigenvalue weighted by Crippen LogP contribution is 2.28. The fraction of sp³-hybridized carbons (Fsp3) is 0.333. The van der Waals surface area contributed by atoms with Gasteiger partial charge in [-0.15, -0.1) is 0 Å². The summed E-state index contributed by atoms with van der Waals surface area (Å²) < 4.78 is 14.5. The van der Waals surface area contributed by atoms with E-state index in [1.807, 2.05) is 12.1 Å². The van der Waals surface area contributed by atoms with Crippen LogP contribution in [0, 0.1) is 5.82 Å². The lowest BCUT2D eigenvalue weighted by molar-refractivity contribution is 0.245. The van der Waals surface area contributed by atoms with Crippen LogP contribution in [0.4, 0.5) is 4.39 Å². The summed E-state index contributed by atoms with van der Waals surface area (Å²) in [7, 11) is 0. The summed E-state index contributed by atoms with van der Waals surface area (Å²) in [5, 5.41) is 0. The number of benzene rings is 1. The van der Waals surface area contributed by atoms with Crippen molar-refractivity contribution in [3.05, 3.63) is 54.1 Å². The molecule has 0 atom stereocenters. The van der Waals surface area contributed by atoms with Gasteiger partial charge in [0.25, 0.3) is 0 Å².